The molecular weight excluding hydrogens is 286 g/mol. The van der Waals surface area contributed by atoms with Crippen LogP contribution in [-0.2, 0) is 14.6 Å². The molecule has 2 rings (SSSR count). The molecule has 6 heteroatoms. The molecule has 1 amide bonds. The number of halogens is 1. The molecule has 0 bridgehead atoms. The molecule has 1 saturated heterocycles. The number of rotatable bonds is 3. The van der Waals surface area contributed by atoms with Crippen molar-refractivity contribution >= 4 is 27.3 Å². The lowest BCUT2D eigenvalue weighted by molar-refractivity contribution is -0.121. The van der Waals surface area contributed by atoms with Gasteiger partial charge in [0, 0.05) is 11.9 Å². The Labute approximate surface area is 120 Å². The number of amides is 1. The van der Waals surface area contributed by atoms with Gasteiger partial charge in [0.15, 0.2) is 9.84 Å². The van der Waals surface area contributed by atoms with Crippen LogP contribution in [0.4, 0.5) is 0 Å². The summed E-state index contributed by atoms with van der Waals surface area (Å²) in [5.41, 5.74) is 0. The van der Waals surface area contributed by atoms with Gasteiger partial charge in [-0.2, -0.15) is 0 Å². The topological polar surface area (TPSA) is 63.2 Å². The SMILES string of the molecule is O=C(NCC1CCCCC1Cl)C1CCCCS1(=O)=O. The Hall–Kier alpha value is -0.290. The summed E-state index contributed by atoms with van der Waals surface area (Å²) in [6, 6.07) is 0. The Balaban J connectivity index is 1.86. The first kappa shape index (κ1) is 15.1. The van der Waals surface area contributed by atoms with Gasteiger partial charge in [-0.25, -0.2) is 8.42 Å². The number of hydrogen-bond donors (Lipinski definition) is 1. The minimum Gasteiger partial charge on any atom is -0.355 e. The zero-order chi connectivity index (χ0) is 13.9. The Morgan fingerprint density at radius 1 is 1.11 bits per heavy atom. The van der Waals surface area contributed by atoms with Gasteiger partial charge >= 0.3 is 0 Å². The van der Waals surface area contributed by atoms with Crippen molar-refractivity contribution in [3.63, 3.8) is 0 Å². The molecule has 1 aliphatic carbocycles. The van der Waals surface area contributed by atoms with E-state index in [-0.39, 0.29) is 23.0 Å². The smallest absolute Gasteiger partial charge is 0.238 e. The Kier molecular flexibility index (Phi) is 5.12. The molecule has 0 aromatic heterocycles. The van der Waals surface area contributed by atoms with E-state index >= 15 is 0 Å². The molecule has 1 N–H and O–H groups in total. The van der Waals surface area contributed by atoms with E-state index in [1.54, 1.807) is 0 Å². The van der Waals surface area contributed by atoms with Gasteiger partial charge in [-0.05, 0) is 31.6 Å². The van der Waals surface area contributed by atoms with Crippen LogP contribution in [-0.4, -0.2) is 37.2 Å². The van der Waals surface area contributed by atoms with Crippen LogP contribution in [0.5, 0.6) is 0 Å². The molecule has 3 unspecified atom stereocenters. The van der Waals surface area contributed by atoms with Crippen molar-refractivity contribution in [2.75, 3.05) is 12.3 Å². The molecule has 4 nitrogen and oxygen atoms in total. The van der Waals surface area contributed by atoms with Crippen molar-refractivity contribution in [3.8, 4) is 0 Å². The molecular formula is C13H22ClNO3S. The van der Waals surface area contributed by atoms with Gasteiger partial charge in [-0.1, -0.05) is 19.3 Å². The van der Waals surface area contributed by atoms with Gasteiger partial charge in [-0.15, -0.1) is 11.6 Å². The van der Waals surface area contributed by atoms with E-state index < -0.39 is 15.1 Å². The molecule has 1 aliphatic heterocycles. The average Bonchev–Trinajstić information content (AvgIpc) is 2.37. The first-order valence-corrected chi connectivity index (χ1v) is 9.29. The van der Waals surface area contributed by atoms with Crippen LogP contribution >= 0.6 is 11.6 Å². The molecule has 110 valence electrons. The van der Waals surface area contributed by atoms with Crippen LogP contribution in [0, 0.1) is 5.92 Å². The van der Waals surface area contributed by atoms with Crippen LogP contribution in [0.2, 0.25) is 0 Å². The number of carbonyl (C=O) groups is 1. The van der Waals surface area contributed by atoms with Crippen LogP contribution in [0.3, 0.4) is 0 Å². The summed E-state index contributed by atoms with van der Waals surface area (Å²) in [6.45, 7) is 0.513. The van der Waals surface area contributed by atoms with Gasteiger partial charge in [0.2, 0.25) is 5.91 Å². The van der Waals surface area contributed by atoms with Gasteiger partial charge in [-0.3, -0.25) is 4.79 Å². The van der Waals surface area contributed by atoms with Crippen LogP contribution in [0.15, 0.2) is 0 Å². The van der Waals surface area contributed by atoms with Gasteiger partial charge in [0.05, 0.1) is 5.75 Å². The zero-order valence-corrected chi connectivity index (χ0v) is 12.7. The molecule has 0 aromatic rings. The van der Waals surface area contributed by atoms with E-state index in [1.165, 1.54) is 0 Å². The van der Waals surface area contributed by atoms with E-state index in [0.29, 0.717) is 19.4 Å². The van der Waals surface area contributed by atoms with E-state index in [1.807, 2.05) is 0 Å². The summed E-state index contributed by atoms with van der Waals surface area (Å²) in [7, 11) is -3.23. The maximum Gasteiger partial charge on any atom is 0.238 e. The summed E-state index contributed by atoms with van der Waals surface area (Å²) in [6.07, 6.45) is 6.26. The fourth-order valence-electron chi connectivity index (χ4n) is 2.99. The fraction of sp³-hybridized carbons (Fsp3) is 0.923. The molecule has 2 aliphatic rings. The van der Waals surface area contributed by atoms with E-state index in [2.05, 4.69) is 5.32 Å². The number of hydrogen-bond acceptors (Lipinski definition) is 3. The highest BCUT2D eigenvalue weighted by molar-refractivity contribution is 7.92. The zero-order valence-electron chi connectivity index (χ0n) is 11.1. The summed E-state index contributed by atoms with van der Waals surface area (Å²) in [5.74, 6) is 0.104. The van der Waals surface area contributed by atoms with Gasteiger partial charge in [0.25, 0.3) is 0 Å². The van der Waals surface area contributed by atoms with E-state index in [0.717, 1.165) is 32.1 Å². The van der Waals surface area contributed by atoms with Crippen LogP contribution in [0.1, 0.15) is 44.9 Å². The lowest BCUT2D eigenvalue weighted by Crippen LogP contribution is -2.45. The molecule has 0 spiro atoms. The predicted molar refractivity (Wildman–Crippen MR) is 76.0 cm³/mol. The number of nitrogens with one attached hydrogen (secondary N) is 1. The van der Waals surface area contributed by atoms with Crippen LogP contribution < -0.4 is 5.32 Å². The first-order chi connectivity index (χ1) is 9.00. The second-order valence-electron chi connectivity index (χ2n) is 5.66. The predicted octanol–water partition coefficient (Wildman–Crippen LogP) is 1.87. The third kappa shape index (κ3) is 3.85. The molecule has 0 radical (unpaired) electrons. The minimum atomic E-state index is -3.23. The molecule has 1 heterocycles. The quantitative estimate of drug-likeness (QED) is 0.810. The standard InChI is InChI=1S/C13H22ClNO3S/c14-11-6-2-1-5-10(11)9-15-13(16)12-7-3-4-8-19(12,17)18/h10-12H,1-9H2,(H,15,16). The Morgan fingerprint density at radius 3 is 2.47 bits per heavy atom. The number of alkyl halides is 1. The fourth-order valence-corrected chi connectivity index (χ4v) is 5.18. The third-order valence-corrected chi connectivity index (χ3v) is 6.97. The first-order valence-electron chi connectivity index (χ1n) is 7.14. The maximum absolute atomic E-state index is 12.0. The average molecular weight is 308 g/mol. The van der Waals surface area contributed by atoms with E-state index in [9.17, 15) is 13.2 Å². The largest absolute Gasteiger partial charge is 0.355 e. The molecule has 0 aromatic carbocycles. The molecule has 3 atom stereocenters. The normalized spacial score (nSPS) is 34.7. The molecule has 2 fully saturated rings. The summed E-state index contributed by atoms with van der Waals surface area (Å²) in [5, 5.41) is 2.08. The van der Waals surface area contributed by atoms with Crippen molar-refractivity contribution in [1.29, 1.82) is 0 Å². The van der Waals surface area contributed by atoms with Crippen molar-refractivity contribution in [3.05, 3.63) is 0 Å². The summed E-state index contributed by atoms with van der Waals surface area (Å²) >= 11 is 6.24. The Morgan fingerprint density at radius 2 is 1.79 bits per heavy atom. The Bertz CT molecular complexity index is 424. The van der Waals surface area contributed by atoms with Crippen LogP contribution in [0.25, 0.3) is 0 Å². The summed E-state index contributed by atoms with van der Waals surface area (Å²) in [4.78, 5) is 12.0. The highest BCUT2D eigenvalue weighted by Gasteiger charge is 2.35. The second-order valence-corrected chi connectivity index (χ2v) is 8.52. The third-order valence-electron chi connectivity index (χ3n) is 4.23. The van der Waals surface area contributed by atoms with Gasteiger partial charge < -0.3 is 5.32 Å². The molecule has 1 saturated carbocycles. The molecule has 19 heavy (non-hydrogen) atoms. The van der Waals surface area contributed by atoms with Crippen molar-refractivity contribution < 1.29 is 13.2 Å². The highest BCUT2D eigenvalue weighted by atomic mass is 35.5. The monoisotopic (exact) mass is 307 g/mol. The summed E-state index contributed by atoms with van der Waals surface area (Å²) < 4.78 is 23.7. The second kappa shape index (κ2) is 6.44. The van der Waals surface area contributed by atoms with Crippen molar-refractivity contribution in [2.24, 2.45) is 5.92 Å². The minimum absolute atomic E-state index is 0.108. The van der Waals surface area contributed by atoms with Crippen molar-refractivity contribution in [1.82, 2.24) is 5.32 Å². The maximum atomic E-state index is 12.0. The number of carbonyl (C=O) groups excluding carboxylic acids is 1. The van der Waals surface area contributed by atoms with Gasteiger partial charge in [0.1, 0.15) is 5.25 Å². The lowest BCUT2D eigenvalue weighted by Gasteiger charge is -2.28. The lowest BCUT2D eigenvalue weighted by atomic mass is 9.88. The van der Waals surface area contributed by atoms with Crippen molar-refractivity contribution in [2.45, 2.75) is 55.6 Å². The number of sulfone groups is 1. The highest BCUT2D eigenvalue weighted by Crippen LogP contribution is 2.28. The van der Waals surface area contributed by atoms with E-state index in [4.69, 9.17) is 11.6 Å².